The lowest BCUT2D eigenvalue weighted by atomic mass is 10.1. The molecule has 2 aromatic rings. The van der Waals surface area contributed by atoms with Gasteiger partial charge >= 0.3 is 0 Å². The first-order valence-electron chi connectivity index (χ1n) is 6.08. The fourth-order valence-electron chi connectivity index (χ4n) is 1.89. The van der Waals surface area contributed by atoms with Crippen molar-refractivity contribution in [2.75, 3.05) is 5.32 Å². The first-order chi connectivity index (χ1) is 8.74. The third kappa shape index (κ3) is 2.49. The second-order valence-corrected chi connectivity index (χ2v) is 5.78. The van der Waals surface area contributed by atoms with E-state index in [9.17, 15) is 0 Å². The van der Waals surface area contributed by atoms with Crippen LogP contribution in [0.2, 0.25) is 5.02 Å². The van der Waals surface area contributed by atoms with Crippen molar-refractivity contribution in [1.29, 1.82) is 0 Å². The average molecular weight is 280 g/mol. The predicted octanol–water partition coefficient (Wildman–Crippen LogP) is 4.24. The zero-order valence-electron chi connectivity index (χ0n) is 10.1. The molecule has 18 heavy (non-hydrogen) atoms. The van der Waals surface area contributed by atoms with E-state index in [-0.39, 0.29) is 6.04 Å². The largest absolute Gasteiger partial charge is 0.354 e. The molecule has 1 aromatic heterocycles. The van der Waals surface area contributed by atoms with Crippen LogP contribution >= 0.6 is 23.1 Å². The van der Waals surface area contributed by atoms with Gasteiger partial charge in [0.1, 0.15) is 5.82 Å². The van der Waals surface area contributed by atoms with Crippen LogP contribution in [0.25, 0.3) is 0 Å². The molecule has 3 nitrogen and oxygen atoms in total. The minimum atomic E-state index is 0.138. The highest BCUT2D eigenvalue weighted by atomic mass is 35.5. The van der Waals surface area contributed by atoms with Gasteiger partial charge in [-0.15, -0.1) is 0 Å². The highest BCUT2D eigenvalue weighted by Gasteiger charge is 2.28. The maximum Gasteiger partial charge on any atom is 0.203 e. The number of aromatic nitrogens is 2. The third-order valence-electron chi connectivity index (χ3n) is 3.10. The molecule has 0 radical (unpaired) electrons. The van der Waals surface area contributed by atoms with Gasteiger partial charge in [0.25, 0.3) is 0 Å². The van der Waals surface area contributed by atoms with Gasteiger partial charge in [-0.25, -0.2) is 4.98 Å². The second-order valence-electron chi connectivity index (χ2n) is 4.62. The first kappa shape index (κ1) is 11.9. The van der Waals surface area contributed by atoms with E-state index < -0.39 is 0 Å². The summed E-state index contributed by atoms with van der Waals surface area (Å²) in [7, 11) is 0. The summed E-state index contributed by atoms with van der Waals surface area (Å²) in [4.78, 5) is 4.52. The van der Waals surface area contributed by atoms with E-state index >= 15 is 0 Å². The van der Waals surface area contributed by atoms with E-state index in [4.69, 9.17) is 11.6 Å². The van der Waals surface area contributed by atoms with Crippen molar-refractivity contribution >= 4 is 28.3 Å². The van der Waals surface area contributed by atoms with Crippen molar-refractivity contribution in [3.63, 3.8) is 0 Å². The normalized spacial score (nSPS) is 16.6. The second kappa shape index (κ2) is 4.86. The topological polar surface area (TPSA) is 37.8 Å². The molecular formula is C13H14ClN3S. The molecule has 0 spiro atoms. The molecule has 1 unspecified atom stereocenters. The van der Waals surface area contributed by atoms with E-state index in [0.29, 0.717) is 5.92 Å². The molecule has 1 heterocycles. The van der Waals surface area contributed by atoms with Gasteiger partial charge in [0.2, 0.25) is 5.13 Å². The summed E-state index contributed by atoms with van der Waals surface area (Å²) < 4.78 is 4.38. The molecule has 0 saturated heterocycles. The quantitative estimate of drug-likeness (QED) is 0.909. The summed E-state index contributed by atoms with van der Waals surface area (Å²) in [5.41, 5.74) is 1.09. The van der Waals surface area contributed by atoms with Crippen LogP contribution in [0.3, 0.4) is 0 Å². The van der Waals surface area contributed by atoms with Gasteiger partial charge in [-0.1, -0.05) is 29.8 Å². The lowest BCUT2D eigenvalue weighted by molar-refractivity contribution is 0.875. The fraction of sp³-hybridized carbons (Fsp3) is 0.385. The molecule has 3 rings (SSSR count). The van der Waals surface area contributed by atoms with Gasteiger partial charge in [-0.3, -0.25) is 0 Å². The molecule has 1 N–H and O–H groups in total. The number of rotatable bonds is 4. The molecule has 94 valence electrons. The van der Waals surface area contributed by atoms with Crippen molar-refractivity contribution in [3.8, 4) is 0 Å². The Bertz CT molecular complexity index is 551. The average Bonchev–Trinajstić information content (AvgIpc) is 3.11. The molecule has 1 atom stereocenters. The lowest BCUT2D eigenvalue weighted by Gasteiger charge is -2.14. The Hall–Kier alpha value is -1.13. The van der Waals surface area contributed by atoms with Crippen molar-refractivity contribution in [1.82, 2.24) is 9.36 Å². The van der Waals surface area contributed by atoms with Crippen LogP contribution in [0.15, 0.2) is 24.3 Å². The zero-order chi connectivity index (χ0) is 12.5. The van der Waals surface area contributed by atoms with Crippen LogP contribution in [0, 0.1) is 0 Å². The Morgan fingerprint density at radius 1 is 1.39 bits per heavy atom. The van der Waals surface area contributed by atoms with Crippen LogP contribution in [0.5, 0.6) is 0 Å². The van der Waals surface area contributed by atoms with Gasteiger partial charge in [0, 0.05) is 22.5 Å². The van der Waals surface area contributed by atoms with Gasteiger partial charge in [0.15, 0.2) is 0 Å². The van der Waals surface area contributed by atoms with E-state index in [1.54, 1.807) is 0 Å². The van der Waals surface area contributed by atoms with Crippen molar-refractivity contribution in [2.45, 2.75) is 31.7 Å². The summed E-state index contributed by atoms with van der Waals surface area (Å²) in [6.07, 6.45) is 2.46. The third-order valence-corrected chi connectivity index (χ3v) is 4.10. The smallest absolute Gasteiger partial charge is 0.203 e. The number of nitrogens with one attached hydrogen (secondary N) is 1. The Kier molecular flexibility index (Phi) is 3.22. The SMILES string of the molecule is CC(Nc1nc(C2CC2)ns1)c1ccccc1Cl. The molecular weight excluding hydrogens is 266 g/mol. The number of halogens is 1. The summed E-state index contributed by atoms with van der Waals surface area (Å²) in [5, 5.41) is 5.02. The molecule has 1 aliphatic rings. The van der Waals surface area contributed by atoms with Gasteiger partial charge in [-0.2, -0.15) is 4.37 Å². The minimum Gasteiger partial charge on any atom is -0.354 e. The summed E-state index contributed by atoms with van der Waals surface area (Å²) in [6.45, 7) is 2.08. The van der Waals surface area contributed by atoms with Crippen molar-refractivity contribution in [2.24, 2.45) is 0 Å². The van der Waals surface area contributed by atoms with E-state index in [0.717, 1.165) is 21.5 Å². The number of hydrogen-bond acceptors (Lipinski definition) is 4. The molecule has 1 aromatic carbocycles. The summed E-state index contributed by atoms with van der Waals surface area (Å²) in [5.74, 6) is 1.60. The molecule has 0 aliphatic heterocycles. The maximum atomic E-state index is 6.18. The molecule has 1 fully saturated rings. The Labute approximate surface area is 115 Å². The summed E-state index contributed by atoms with van der Waals surface area (Å²) >= 11 is 7.61. The standard InChI is InChI=1S/C13H14ClN3S/c1-8(10-4-2-3-5-11(10)14)15-13-16-12(17-18-13)9-6-7-9/h2-5,8-9H,6-7H2,1H3,(H,15,16,17). The Balaban J connectivity index is 1.73. The lowest BCUT2D eigenvalue weighted by Crippen LogP contribution is -2.06. The molecule has 1 aliphatic carbocycles. The Morgan fingerprint density at radius 2 is 2.17 bits per heavy atom. The number of nitrogens with zero attached hydrogens (tertiary/aromatic N) is 2. The van der Waals surface area contributed by atoms with Gasteiger partial charge in [-0.05, 0) is 31.4 Å². The van der Waals surface area contributed by atoms with Crippen LogP contribution < -0.4 is 5.32 Å². The van der Waals surface area contributed by atoms with Gasteiger partial charge in [0.05, 0.1) is 6.04 Å². The van der Waals surface area contributed by atoms with Crippen LogP contribution in [0.1, 0.15) is 43.1 Å². The van der Waals surface area contributed by atoms with Crippen molar-refractivity contribution < 1.29 is 0 Å². The van der Waals surface area contributed by atoms with Crippen LogP contribution in [0.4, 0.5) is 5.13 Å². The maximum absolute atomic E-state index is 6.18. The highest BCUT2D eigenvalue weighted by molar-refractivity contribution is 7.09. The molecule has 1 saturated carbocycles. The molecule has 5 heteroatoms. The van der Waals surface area contributed by atoms with Crippen LogP contribution in [-0.2, 0) is 0 Å². The van der Waals surface area contributed by atoms with E-state index in [1.165, 1.54) is 24.4 Å². The van der Waals surface area contributed by atoms with Crippen LogP contribution in [-0.4, -0.2) is 9.36 Å². The Morgan fingerprint density at radius 3 is 2.89 bits per heavy atom. The number of benzene rings is 1. The monoisotopic (exact) mass is 279 g/mol. The fourth-order valence-corrected chi connectivity index (χ4v) is 2.92. The molecule has 0 bridgehead atoms. The minimum absolute atomic E-state index is 0.138. The molecule has 0 amide bonds. The van der Waals surface area contributed by atoms with E-state index in [2.05, 4.69) is 21.6 Å². The van der Waals surface area contributed by atoms with Gasteiger partial charge < -0.3 is 5.32 Å². The first-order valence-corrected chi connectivity index (χ1v) is 7.24. The predicted molar refractivity (Wildman–Crippen MR) is 75.4 cm³/mol. The number of anilines is 1. The summed E-state index contributed by atoms with van der Waals surface area (Å²) in [6, 6.07) is 8.01. The highest BCUT2D eigenvalue weighted by Crippen LogP contribution is 2.39. The van der Waals surface area contributed by atoms with E-state index in [1.807, 2.05) is 24.3 Å². The van der Waals surface area contributed by atoms with Crippen molar-refractivity contribution in [3.05, 3.63) is 40.7 Å². The zero-order valence-corrected chi connectivity index (χ0v) is 11.6. The number of hydrogen-bond donors (Lipinski definition) is 1.